The molecule has 1 aliphatic rings. The van der Waals surface area contributed by atoms with Gasteiger partial charge in [-0.25, -0.2) is 0 Å². The smallest absolute Gasteiger partial charge is 0.234 e. The second-order valence-corrected chi connectivity index (χ2v) is 7.91. The molecule has 28 heavy (non-hydrogen) atoms. The third-order valence-electron chi connectivity index (χ3n) is 4.65. The fraction of sp³-hybridized carbons (Fsp3) is 0.381. The first kappa shape index (κ1) is 20.4. The Morgan fingerprint density at radius 1 is 1.07 bits per heavy atom. The van der Waals surface area contributed by atoms with Gasteiger partial charge in [-0.3, -0.25) is 19.5 Å². The van der Waals surface area contributed by atoms with Gasteiger partial charge in [-0.05, 0) is 30.7 Å². The van der Waals surface area contributed by atoms with Crippen molar-refractivity contribution in [3.8, 4) is 0 Å². The number of aromatic nitrogens is 1. The van der Waals surface area contributed by atoms with E-state index in [9.17, 15) is 9.59 Å². The molecule has 0 saturated carbocycles. The Balaban J connectivity index is 1.33. The number of carbonyl (C=O) groups is 2. The van der Waals surface area contributed by atoms with E-state index >= 15 is 0 Å². The highest BCUT2D eigenvalue weighted by molar-refractivity contribution is 8.00. The van der Waals surface area contributed by atoms with Crippen LogP contribution in [-0.2, 0) is 16.1 Å². The Kier molecular flexibility index (Phi) is 7.45. The second kappa shape index (κ2) is 10.2. The second-order valence-electron chi connectivity index (χ2n) is 6.93. The van der Waals surface area contributed by atoms with Crippen LogP contribution in [0.3, 0.4) is 0 Å². The Labute approximate surface area is 170 Å². The van der Waals surface area contributed by atoms with Gasteiger partial charge in [0.05, 0.1) is 11.5 Å². The molecule has 6 nitrogen and oxygen atoms in total. The van der Waals surface area contributed by atoms with Crippen LogP contribution >= 0.6 is 11.8 Å². The van der Waals surface area contributed by atoms with Crippen LogP contribution in [0.5, 0.6) is 0 Å². The highest BCUT2D eigenvalue weighted by Crippen LogP contribution is 2.12. The number of amides is 2. The summed E-state index contributed by atoms with van der Waals surface area (Å²) in [6.07, 6.45) is 3.66. The summed E-state index contributed by atoms with van der Waals surface area (Å²) in [4.78, 5) is 32.8. The minimum atomic E-state index is -0.0806. The van der Waals surface area contributed by atoms with E-state index in [2.05, 4.69) is 21.3 Å². The molecule has 1 N–H and O–H groups in total. The molecule has 0 atom stereocenters. The monoisotopic (exact) mass is 398 g/mol. The molecule has 2 amide bonds. The summed E-state index contributed by atoms with van der Waals surface area (Å²) in [5.41, 5.74) is 3.13. The Bertz CT molecular complexity index is 775. The molecule has 148 valence electrons. The predicted octanol–water partition coefficient (Wildman–Crippen LogP) is 2.41. The number of aryl methyl sites for hydroxylation is 1. The van der Waals surface area contributed by atoms with Crippen LogP contribution in [0.4, 0.5) is 5.69 Å². The summed E-state index contributed by atoms with van der Waals surface area (Å²) in [6, 6.07) is 11.7. The first-order valence-electron chi connectivity index (χ1n) is 9.43. The number of benzene rings is 1. The van der Waals surface area contributed by atoms with Crippen molar-refractivity contribution in [2.24, 2.45) is 0 Å². The molecule has 0 aliphatic carbocycles. The largest absolute Gasteiger partial charge is 0.339 e. The normalized spacial score (nSPS) is 14.7. The molecule has 2 aromatic rings. The van der Waals surface area contributed by atoms with E-state index in [-0.39, 0.29) is 17.6 Å². The highest BCUT2D eigenvalue weighted by atomic mass is 32.2. The molecule has 1 fully saturated rings. The third kappa shape index (κ3) is 6.35. The van der Waals surface area contributed by atoms with Crippen LogP contribution < -0.4 is 5.32 Å². The van der Waals surface area contributed by atoms with E-state index in [1.807, 2.05) is 48.4 Å². The topological polar surface area (TPSA) is 65.5 Å². The number of hydrogen-bond acceptors (Lipinski definition) is 5. The highest BCUT2D eigenvalue weighted by Gasteiger charge is 2.21. The zero-order chi connectivity index (χ0) is 19.8. The summed E-state index contributed by atoms with van der Waals surface area (Å²) in [5, 5.41) is 2.85. The molecule has 0 spiro atoms. The van der Waals surface area contributed by atoms with E-state index in [1.165, 1.54) is 17.3 Å². The number of anilines is 1. The molecule has 1 aromatic carbocycles. The number of hydrogen-bond donors (Lipinski definition) is 1. The van der Waals surface area contributed by atoms with Crippen molar-refractivity contribution >= 4 is 29.3 Å². The van der Waals surface area contributed by atoms with E-state index < -0.39 is 0 Å². The van der Waals surface area contributed by atoms with Crippen molar-refractivity contribution in [2.75, 3.05) is 43.0 Å². The van der Waals surface area contributed by atoms with Gasteiger partial charge >= 0.3 is 0 Å². The fourth-order valence-electron chi connectivity index (χ4n) is 3.06. The summed E-state index contributed by atoms with van der Waals surface area (Å²) in [7, 11) is 0. The lowest BCUT2D eigenvalue weighted by Gasteiger charge is -2.34. The lowest BCUT2D eigenvalue weighted by Crippen LogP contribution is -2.48. The first-order valence-corrected chi connectivity index (χ1v) is 10.6. The Hall–Kier alpha value is -2.38. The zero-order valence-electron chi connectivity index (χ0n) is 16.1. The minimum absolute atomic E-state index is 0.0806. The van der Waals surface area contributed by atoms with Crippen molar-refractivity contribution in [1.82, 2.24) is 14.8 Å². The molecule has 1 aromatic heterocycles. The number of nitrogens with zero attached hydrogens (tertiary/aromatic N) is 3. The van der Waals surface area contributed by atoms with Crippen molar-refractivity contribution in [1.29, 1.82) is 0 Å². The predicted molar refractivity (Wildman–Crippen MR) is 113 cm³/mol. The van der Waals surface area contributed by atoms with Crippen molar-refractivity contribution in [3.63, 3.8) is 0 Å². The zero-order valence-corrected chi connectivity index (χ0v) is 17.0. The standard InChI is InChI=1S/C21H26N4O2S/c1-17-4-6-19(7-5-17)23-20(26)15-28-16-21(27)25-11-9-24(10-12-25)14-18-3-2-8-22-13-18/h2-8,13H,9-12,14-16H2,1H3,(H,23,26). The molecule has 0 unspecified atom stereocenters. The quantitative estimate of drug-likeness (QED) is 0.776. The van der Waals surface area contributed by atoms with E-state index in [1.54, 1.807) is 6.20 Å². The van der Waals surface area contributed by atoms with E-state index in [0.717, 1.165) is 44.0 Å². The fourth-order valence-corrected chi connectivity index (χ4v) is 3.78. The Morgan fingerprint density at radius 3 is 2.50 bits per heavy atom. The van der Waals surface area contributed by atoms with Crippen LogP contribution in [0, 0.1) is 6.92 Å². The Morgan fingerprint density at radius 2 is 1.82 bits per heavy atom. The summed E-state index contributed by atoms with van der Waals surface area (Å²) in [6.45, 7) is 6.05. The van der Waals surface area contributed by atoms with Gasteiger partial charge in [0.2, 0.25) is 11.8 Å². The molecule has 0 radical (unpaired) electrons. The van der Waals surface area contributed by atoms with Crippen molar-refractivity contribution in [2.45, 2.75) is 13.5 Å². The molecule has 1 aliphatic heterocycles. The molecule has 1 saturated heterocycles. The average Bonchev–Trinajstić information content (AvgIpc) is 2.71. The molecular formula is C21H26N4O2S. The summed E-state index contributed by atoms with van der Waals surface area (Å²) in [5.74, 6) is 0.641. The van der Waals surface area contributed by atoms with Gasteiger partial charge in [-0.15, -0.1) is 11.8 Å². The SMILES string of the molecule is Cc1ccc(NC(=O)CSCC(=O)N2CCN(Cc3cccnc3)CC2)cc1. The lowest BCUT2D eigenvalue weighted by atomic mass is 10.2. The maximum absolute atomic E-state index is 12.4. The van der Waals surface area contributed by atoms with E-state index in [4.69, 9.17) is 0 Å². The van der Waals surface area contributed by atoms with Gasteiger partial charge in [0.15, 0.2) is 0 Å². The minimum Gasteiger partial charge on any atom is -0.339 e. The average molecular weight is 399 g/mol. The number of pyridine rings is 1. The molecule has 7 heteroatoms. The third-order valence-corrected chi connectivity index (χ3v) is 5.57. The molecule has 0 bridgehead atoms. The van der Waals surface area contributed by atoms with Crippen molar-refractivity contribution < 1.29 is 9.59 Å². The molecular weight excluding hydrogens is 372 g/mol. The van der Waals surface area contributed by atoms with E-state index in [0.29, 0.717) is 5.75 Å². The van der Waals surface area contributed by atoms with Gasteiger partial charge in [0.25, 0.3) is 0 Å². The number of rotatable bonds is 7. The first-order chi connectivity index (χ1) is 13.6. The van der Waals surface area contributed by atoms with Crippen molar-refractivity contribution in [3.05, 3.63) is 59.9 Å². The number of nitrogens with one attached hydrogen (secondary N) is 1. The van der Waals surface area contributed by atoms with Gasteiger partial charge < -0.3 is 10.2 Å². The van der Waals surface area contributed by atoms with Gasteiger partial charge in [-0.1, -0.05) is 23.8 Å². The number of thioether (sulfide) groups is 1. The maximum atomic E-state index is 12.4. The van der Waals surface area contributed by atoms with Crippen LogP contribution in [0.2, 0.25) is 0 Å². The molecule has 2 heterocycles. The van der Waals surface area contributed by atoms with Crippen LogP contribution in [0.1, 0.15) is 11.1 Å². The lowest BCUT2D eigenvalue weighted by molar-refractivity contribution is -0.130. The van der Waals surface area contributed by atoms with Gasteiger partial charge in [0, 0.05) is 50.8 Å². The van der Waals surface area contributed by atoms with Gasteiger partial charge in [-0.2, -0.15) is 0 Å². The van der Waals surface area contributed by atoms with Crippen LogP contribution in [0.25, 0.3) is 0 Å². The number of carbonyl (C=O) groups excluding carboxylic acids is 2. The van der Waals surface area contributed by atoms with Crippen LogP contribution in [0.15, 0.2) is 48.8 Å². The van der Waals surface area contributed by atoms with Crippen LogP contribution in [-0.4, -0.2) is 64.3 Å². The maximum Gasteiger partial charge on any atom is 0.234 e. The van der Waals surface area contributed by atoms with Gasteiger partial charge in [0.1, 0.15) is 0 Å². The summed E-state index contributed by atoms with van der Waals surface area (Å²) >= 11 is 1.36. The number of piperazine rings is 1. The molecule has 3 rings (SSSR count). The summed E-state index contributed by atoms with van der Waals surface area (Å²) < 4.78 is 0.